The van der Waals surface area contributed by atoms with Gasteiger partial charge in [0.25, 0.3) is 0 Å². The molecule has 0 bridgehead atoms. The standard InChI is InChI=1S/C14H31FS/c1-7-14(15)8-9-16(6,10-12(2)3)11-13(4)5/h12-14H,7-11H2,1-6H3. The lowest BCUT2D eigenvalue weighted by Gasteiger charge is -2.39. The van der Waals surface area contributed by atoms with E-state index < -0.39 is 16.2 Å². The van der Waals surface area contributed by atoms with Crippen LogP contribution in [0, 0.1) is 11.8 Å². The molecule has 0 saturated heterocycles. The van der Waals surface area contributed by atoms with Crippen LogP contribution in [0.5, 0.6) is 0 Å². The van der Waals surface area contributed by atoms with E-state index in [1.165, 1.54) is 11.5 Å². The highest BCUT2D eigenvalue weighted by Gasteiger charge is 2.22. The Kier molecular flexibility index (Phi) is 7.71. The average molecular weight is 250 g/mol. The van der Waals surface area contributed by atoms with Crippen molar-refractivity contribution in [1.29, 1.82) is 0 Å². The molecule has 0 aromatic carbocycles. The van der Waals surface area contributed by atoms with Crippen molar-refractivity contribution in [2.45, 2.75) is 53.6 Å². The minimum absolute atomic E-state index is 0.578. The Bertz CT molecular complexity index is 168. The van der Waals surface area contributed by atoms with E-state index in [1.807, 2.05) is 6.92 Å². The largest absolute Gasteiger partial charge is 0.247 e. The van der Waals surface area contributed by atoms with E-state index in [4.69, 9.17) is 0 Å². The maximum Gasteiger partial charge on any atom is 0.101 e. The van der Waals surface area contributed by atoms with Crippen molar-refractivity contribution in [3.8, 4) is 0 Å². The zero-order valence-electron chi connectivity index (χ0n) is 12.1. The molecule has 0 heterocycles. The summed E-state index contributed by atoms with van der Waals surface area (Å²) in [6.07, 6.45) is 3.31. The Morgan fingerprint density at radius 1 is 1.00 bits per heavy atom. The molecule has 2 heteroatoms. The second-order valence-electron chi connectivity index (χ2n) is 6.10. The second kappa shape index (κ2) is 7.58. The van der Waals surface area contributed by atoms with Crippen molar-refractivity contribution in [2.75, 3.05) is 23.5 Å². The first kappa shape index (κ1) is 16.3. The van der Waals surface area contributed by atoms with E-state index in [2.05, 4.69) is 34.0 Å². The molecule has 1 atom stereocenters. The Balaban J connectivity index is 4.29. The van der Waals surface area contributed by atoms with Crippen molar-refractivity contribution < 1.29 is 4.39 Å². The van der Waals surface area contributed by atoms with Crippen LogP contribution in [0.25, 0.3) is 0 Å². The molecule has 1 unspecified atom stereocenters. The quantitative estimate of drug-likeness (QED) is 0.576. The van der Waals surface area contributed by atoms with Crippen LogP contribution in [0.1, 0.15) is 47.5 Å². The van der Waals surface area contributed by atoms with Gasteiger partial charge in [0.15, 0.2) is 0 Å². The fraction of sp³-hybridized carbons (Fsp3) is 1.00. The molecule has 0 aliphatic heterocycles. The topological polar surface area (TPSA) is 0 Å². The summed E-state index contributed by atoms with van der Waals surface area (Å²) >= 11 is 0. The molecule has 0 radical (unpaired) electrons. The summed E-state index contributed by atoms with van der Waals surface area (Å²) in [4.78, 5) is 0. The first-order chi connectivity index (χ1) is 7.29. The lowest BCUT2D eigenvalue weighted by atomic mass is 10.2. The predicted octanol–water partition coefficient (Wildman–Crippen LogP) is 4.87. The van der Waals surface area contributed by atoms with Crippen LogP contribution in [0.15, 0.2) is 0 Å². The molecule has 0 N–H and O–H groups in total. The Morgan fingerprint density at radius 2 is 1.44 bits per heavy atom. The van der Waals surface area contributed by atoms with E-state index in [0.717, 1.165) is 24.0 Å². The van der Waals surface area contributed by atoms with Gasteiger partial charge in [-0.3, -0.25) is 0 Å². The minimum atomic E-state index is -0.583. The third kappa shape index (κ3) is 7.54. The smallest absolute Gasteiger partial charge is 0.101 e. The lowest BCUT2D eigenvalue weighted by Crippen LogP contribution is -2.20. The molecular weight excluding hydrogens is 219 g/mol. The van der Waals surface area contributed by atoms with Crippen LogP contribution in [-0.2, 0) is 0 Å². The third-order valence-electron chi connectivity index (χ3n) is 2.84. The summed E-state index contributed by atoms with van der Waals surface area (Å²) in [7, 11) is -0.583. The third-order valence-corrected chi connectivity index (χ3v) is 7.00. The van der Waals surface area contributed by atoms with Gasteiger partial charge in [-0.2, -0.15) is 0 Å². The molecule has 0 rings (SSSR count). The number of hydrogen-bond acceptors (Lipinski definition) is 0. The monoisotopic (exact) mass is 250 g/mol. The van der Waals surface area contributed by atoms with Crippen LogP contribution in [-0.4, -0.2) is 29.7 Å². The Labute approximate surface area is 104 Å². The Morgan fingerprint density at radius 3 is 1.75 bits per heavy atom. The SMILES string of the molecule is CCC(F)CCS(C)(CC(C)C)CC(C)C. The molecule has 0 aromatic rings. The van der Waals surface area contributed by atoms with Gasteiger partial charge in [-0.25, -0.2) is 14.4 Å². The van der Waals surface area contributed by atoms with Crippen LogP contribution >= 0.6 is 10.0 Å². The van der Waals surface area contributed by atoms with Gasteiger partial charge in [0.1, 0.15) is 6.17 Å². The van der Waals surface area contributed by atoms with Crippen molar-refractivity contribution in [1.82, 2.24) is 0 Å². The van der Waals surface area contributed by atoms with Gasteiger partial charge >= 0.3 is 0 Å². The highest BCUT2D eigenvalue weighted by Crippen LogP contribution is 2.48. The van der Waals surface area contributed by atoms with Crippen LogP contribution in [0.3, 0.4) is 0 Å². The zero-order valence-corrected chi connectivity index (χ0v) is 12.9. The lowest BCUT2D eigenvalue weighted by molar-refractivity contribution is 0.317. The van der Waals surface area contributed by atoms with Crippen molar-refractivity contribution in [3.63, 3.8) is 0 Å². The maximum atomic E-state index is 13.4. The highest BCUT2D eigenvalue weighted by molar-refractivity contribution is 8.33. The van der Waals surface area contributed by atoms with Crippen LogP contribution in [0.4, 0.5) is 4.39 Å². The number of hydrogen-bond donors (Lipinski definition) is 0. The number of alkyl halides is 1. The number of halogens is 1. The van der Waals surface area contributed by atoms with E-state index in [-0.39, 0.29) is 0 Å². The summed E-state index contributed by atoms with van der Waals surface area (Å²) in [5.41, 5.74) is 0. The van der Waals surface area contributed by atoms with Gasteiger partial charge in [0.05, 0.1) is 0 Å². The summed E-state index contributed by atoms with van der Waals surface area (Å²) in [5, 5.41) is 0. The zero-order chi connectivity index (χ0) is 12.8. The van der Waals surface area contributed by atoms with Crippen molar-refractivity contribution >= 4 is 10.0 Å². The van der Waals surface area contributed by atoms with Gasteiger partial charge < -0.3 is 0 Å². The van der Waals surface area contributed by atoms with Crippen LogP contribution < -0.4 is 0 Å². The maximum absolute atomic E-state index is 13.4. The van der Waals surface area contributed by atoms with E-state index in [9.17, 15) is 4.39 Å². The van der Waals surface area contributed by atoms with Gasteiger partial charge in [0.2, 0.25) is 0 Å². The molecule has 100 valence electrons. The fourth-order valence-corrected chi connectivity index (χ4v) is 6.97. The highest BCUT2D eigenvalue weighted by atomic mass is 32.3. The molecule has 0 nitrogen and oxygen atoms in total. The molecular formula is C14H31FS. The van der Waals surface area contributed by atoms with Gasteiger partial charge in [0, 0.05) is 0 Å². The van der Waals surface area contributed by atoms with E-state index in [1.54, 1.807) is 0 Å². The Hall–Kier alpha value is 0.280. The minimum Gasteiger partial charge on any atom is -0.247 e. The fourth-order valence-electron chi connectivity index (χ4n) is 2.46. The summed E-state index contributed by atoms with van der Waals surface area (Å²) in [5.74, 6) is 5.23. The molecule has 0 saturated carbocycles. The van der Waals surface area contributed by atoms with E-state index in [0.29, 0.717) is 6.42 Å². The average Bonchev–Trinajstić information content (AvgIpc) is 2.11. The van der Waals surface area contributed by atoms with Crippen molar-refractivity contribution in [3.05, 3.63) is 0 Å². The summed E-state index contributed by atoms with van der Waals surface area (Å²) in [6.45, 7) is 11.1. The molecule has 0 aromatic heterocycles. The van der Waals surface area contributed by atoms with Crippen LogP contribution in [0.2, 0.25) is 0 Å². The molecule has 0 amide bonds. The molecule has 16 heavy (non-hydrogen) atoms. The van der Waals surface area contributed by atoms with E-state index >= 15 is 0 Å². The predicted molar refractivity (Wildman–Crippen MR) is 77.6 cm³/mol. The first-order valence-electron chi connectivity index (χ1n) is 6.64. The normalized spacial score (nSPS) is 15.8. The molecule has 0 spiro atoms. The summed E-state index contributed by atoms with van der Waals surface area (Å²) in [6, 6.07) is 0. The van der Waals surface area contributed by atoms with Gasteiger partial charge in [-0.15, -0.1) is 0 Å². The number of rotatable bonds is 8. The summed E-state index contributed by atoms with van der Waals surface area (Å²) < 4.78 is 13.4. The molecule has 0 aliphatic rings. The van der Waals surface area contributed by atoms with Crippen molar-refractivity contribution in [2.24, 2.45) is 11.8 Å². The van der Waals surface area contributed by atoms with Gasteiger partial charge in [-0.05, 0) is 48.2 Å². The first-order valence-corrected chi connectivity index (χ1v) is 9.19. The molecule has 0 aliphatic carbocycles. The van der Waals surface area contributed by atoms with Gasteiger partial charge in [-0.1, -0.05) is 34.6 Å². The second-order valence-corrected chi connectivity index (χ2v) is 10.1. The molecule has 0 fully saturated rings.